The largest absolute Gasteiger partial charge is 0.463 e. The van der Waals surface area contributed by atoms with Gasteiger partial charge in [0, 0.05) is 0 Å². The Labute approximate surface area is 144 Å². The number of alkyl halides is 3. The number of urea groups is 2. The summed E-state index contributed by atoms with van der Waals surface area (Å²) in [6, 6.07) is 0.767. The molecule has 0 aliphatic carbocycles. The Kier molecular flexibility index (Phi) is 4.96. The van der Waals surface area contributed by atoms with Crippen molar-refractivity contribution in [3.63, 3.8) is 0 Å². The van der Waals surface area contributed by atoms with Gasteiger partial charge in [-0.1, -0.05) is 0 Å². The van der Waals surface area contributed by atoms with Gasteiger partial charge in [-0.15, -0.1) is 0 Å². The van der Waals surface area contributed by atoms with Gasteiger partial charge in [0.2, 0.25) is 5.91 Å². The first kappa shape index (κ1) is 19.3. The molecule has 3 N–H and O–H groups in total. The van der Waals surface area contributed by atoms with Crippen molar-refractivity contribution in [2.75, 3.05) is 13.1 Å². The molecular formula is C14H15F3N4O5. The normalized spacial score (nSPS) is 20.1. The van der Waals surface area contributed by atoms with Gasteiger partial charge in [-0.2, -0.15) is 13.2 Å². The lowest BCUT2D eigenvalue weighted by Gasteiger charge is -2.19. The maximum atomic E-state index is 12.5. The van der Waals surface area contributed by atoms with Crippen LogP contribution >= 0.6 is 0 Å². The van der Waals surface area contributed by atoms with Crippen LogP contribution in [0, 0.1) is 6.92 Å². The molecule has 0 aromatic carbocycles. The number of hydrogen-bond donors (Lipinski definition) is 3. The van der Waals surface area contributed by atoms with Gasteiger partial charge in [-0.25, -0.2) is 9.59 Å². The second-order valence-electron chi connectivity index (χ2n) is 5.70. The molecule has 1 aliphatic rings. The highest BCUT2D eigenvalue weighted by atomic mass is 19.4. The number of nitrogens with zero attached hydrogens (tertiary/aromatic N) is 1. The fourth-order valence-corrected chi connectivity index (χ4v) is 2.25. The smallest absolute Gasteiger partial charge is 0.405 e. The Bertz CT molecular complexity index is 760. The molecule has 0 unspecified atom stereocenters. The van der Waals surface area contributed by atoms with Crippen molar-refractivity contribution in [2.45, 2.75) is 25.6 Å². The van der Waals surface area contributed by atoms with Crippen LogP contribution in [0.1, 0.15) is 18.4 Å². The molecule has 1 aromatic heterocycles. The lowest BCUT2D eigenvalue weighted by atomic mass is 9.99. The highest BCUT2D eigenvalue weighted by Gasteiger charge is 2.51. The molecule has 2 rings (SSSR count). The van der Waals surface area contributed by atoms with Crippen LogP contribution in [0.4, 0.5) is 22.8 Å². The van der Waals surface area contributed by atoms with Crippen molar-refractivity contribution in [1.29, 1.82) is 0 Å². The van der Waals surface area contributed by atoms with Crippen molar-refractivity contribution in [1.82, 2.24) is 20.9 Å². The molecule has 0 radical (unpaired) electrons. The van der Waals surface area contributed by atoms with Gasteiger partial charge in [0.15, 0.2) is 5.54 Å². The Morgan fingerprint density at radius 3 is 2.50 bits per heavy atom. The molecule has 2 heterocycles. The number of hydrogen-bond acceptors (Lipinski definition) is 5. The van der Waals surface area contributed by atoms with Crippen LogP contribution in [0.25, 0.3) is 0 Å². The van der Waals surface area contributed by atoms with E-state index in [4.69, 9.17) is 4.42 Å². The van der Waals surface area contributed by atoms with E-state index in [0.29, 0.717) is 10.7 Å². The summed E-state index contributed by atoms with van der Waals surface area (Å²) in [6.45, 7) is 0.531. The van der Waals surface area contributed by atoms with Crippen LogP contribution in [-0.4, -0.2) is 48.0 Å². The average molecular weight is 376 g/mol. The third-order valence-corrected chi connectivity index (χ3v) is 3.51. The van der Waals surface area contributed by atoms with E-state index < -0.39 is 48.7 Å². The van der Waals surface area contributed by atoms with Crippen molar-refractivity contribution < 1.29 is 36.8 Å². The molecule has 142 valence electrons. The zero-order valence-corrected chi connectivity index (χ0v) is 13.7. The summed E-state index contributed by atoms with van der Waals surface area (Å²) in [7, 11) is 0. The van der Waals surface area contributed by atoms with Crippen molar-refractivity contribution in [3.8, 4) is 0 Å². The molecule has 12 heteroatoms. The molecule has 9 nitrogen and oxygen atoms in total. The first-order chi connectivity index (χ1) is 11.9. The van der Waals surface area contributed by atoms with Crippen molar-refractivity contribution >= 4 is 23.9 Å². The number of aryl methyl sites for hydroxylation is 1. The lowest BCUT2D eigenvalue weighted by Crippen LogP contribution is -2.48. The highest BCUT2D eigenvalue weighted by molar-refractivity contribution is 6.09. The van der Waals surface area contributed by atoms with Crippen LogP contribution in [-0.2, 0) is 15.1 Å². The Morgan fingerprint density at radius 2 is 1.96 bits per heavy atom. The van der Waals surface area contributed by atoms with Crippen molar-refractivity contribution in [3.05, 3.63) is 23.7 Å². The summed E-state index contributed by atoms with van der Waals surface area (Å²) in [6.07, 6.45) is -4.64. The number of amides is 6. The average Bonchev–Trinajstić information content (AvgIpc) is 3.03. The first-order valence-electron chi connectivity index (χ1n) is 7.28. The number of halogens is 3. The quantitative estimate of drug-likeness (QED) is 0.670. The Morgan fingerprint density at radius 1 is 1.31 bits per heavy atom. The van der Waals surface area contributed by atoms with E-state index in [9.17, 15) is 32.3 Å². The predicted molar refractivity (Wildman–Crippen MR) is 78.6 cm³/mol. The van der Waals surface area contributed by atoms with Crippen LogP contribution in [0.5, 0.6) is 0 Å². The summed E-state index contributed by atoms with van der Waals surface area (Å²) in [4.78, 5) is 47.9. The second kappa shape index (κ2) is 6.69. The minimum Gasteiger partial charge on any atom is -0.463 e. The van der Waals surface area contributed by atoms with Crippen molar-refractivity contribution in [2.24, 2.45) is 0 Å². The zero-order chi connectivity index (χ0) is 19.7. The number of carbonyl (C=O) groups is 4. The molecule has 0 spiro atoms. The SMILES string of the molecule is Cc1ccc([C@]2(C)NC(=O)N(CC(=O)NC(=O)NCC(F)(F)F)C2=O)o1. The molecule has 6 amide bonds. The number of furan rings is 1. The van der Waals surface area contributed by atoms with E-state index >= 15 is 0 Å². The van der Waals surface area contributed by atoms with Crippen LogP contribution < -0.4 is 16.0 Å². The monoisotopic (exact) mass is 376 g/mol. The highest BCUT2D eigenvalue weighted by Crippen LogP contribution is 2.29. The molecule has 0 saturated carbocycles. The minimum atomic E-state index is -4.64. The Balaban J connectivity index is 1.99. The number of carbonyl (C=O) groups excluding carboxylic acids is 4. The summed E-state index contributed by atoms with van der Waals surface area (Å²) in [5.41, 5.74) is -1.54. The molecule has 1 saturated heterocycles. The molecule has 0 bridgehead atoms. The van der Waals surface area contributed by atoms with E-state index in [1.165, 1.54) is 18.3 Å². The van der Waals surface area contributed by atoms with Gasteiger partial charge in [0.1, 0.15) is 24.6 Å². The van der Waals surface area contributed by atoms with Gasteiger partial charge in [-0.05, 0) is 26.0 Å². The third kappa shape index (κ3) is 4.13. The number of nitrogens with one attached hydrogen (secondary N) is 3. The first-order valence-corrected chi connectivity index (χ1v) is 7.28. The van der Waals surface area contributed by atoms with Crippen LogP contribution in [0.3, 0.4) is 0 Å². The van der Waals surface area contributed by atoms with Crippen LogP contribution in [0.15, 0.2) is 16.5 Å². The summed E-state index contributed by atoms with van der Waals surface area (Å²) < 4.78 is 41.3. The van der Waals surface area contributed by atoms with Gasteiger partial charge < -0.3 is 15.1 Å². The van der Waals surface area contributed by atoms with Gasteiger partial charge in [-0.3, -0.25) is 19.8 Å². The van der Waals surface area contributed by atoms with Gasteiger partial charge in [0.05, 0.1) is 0 Å². The standard InChI is InChI=1S/C14H15F3N4O5/c1-7-3-4-8(26-7)13(2)10(23)21(12(25)20-13)5-9(22)19-11(24)18-6-14(15,16)17/h3-4H,5-6H2,1-2H3,(H,20,25)(H2,18,19,22,24)/t13-/m0/s1. The van der Waals surface area contributed by atoms with Crippen LogP contribution in [0.2, 0.25) is 0 Å². The molecule has 1 fully saturated rings. The van der Waals surface area contributed by atoms with E-state index in [1.807, 2.05) is 0 Å². The molecule has 26 heavy (non-hydrogen) atoms. The topological polar surface area (TPSA) is 121 Å². The number of rotatable bonds is 4. The maximum absolute atomic E-state index is 12.5. The molecule has 1 aromatic rings. The fourth-order valence-electron chi connectivity index (χ4n) is 2.25. The molecule has 1 aliphatic heterocycles. The number of imide groups is 2. The van der Waals surface area contributed by atoms with Gasteiger partial charge in [0.25, 0.3) is 5.91 Å². The van der Waals surface area contributed by atoms with Gasteiger partial charge >= 0.3 is 18.2 Å². The maximum Gasteiger partial charge on any atom is 0.405 e. The van der Waals surface area contributed by atoms with E-state index in [1.54, 1.807) is 18.3 Å². The zero-order valence-electron chi connectivity index (χ0n) is 13.7. The molecule has 1 atom stereocenters. The molecular weight excluding hydrogens is 361 g/mol. The summed E-state index contributed by atoms with van der Waals surface area (Å²) in [5.74, 6) is -1.28. The second-order valence-corrected chi connectivity index (χ2v) is 5.70. The van der Waals surface area contributed by atoms with E-state index in [2.05, 4.69) is 5.32 Å². The Hall–Kier alpha value is -3.05. The van der Waals surface area contributed by atoms with E-state index in [-0.39, 0.29) is 5.76 Å². The summed E-state index contributed by atoms with van der Waals surface area (Å²) in [5, 5.41) is 5.41. The van der Waals surface area contributed by atoms with E-state index in [0.717, 1.165) is 0 Å². The predicted octanol–water partition coefficient (Wildman–Crippen LogP) is 0.743. The fraction of sp³-hybridized carbons (Fsp3) is 0.429. The lowest BCUT2D eigenvalue weighted by molar-refractivity contribution is -0.135. The third-order valence-electron chi connectivity index (χ3n) is 3.51. The summed E-state index contributed by atoms with van der Waals surface area (Å²) >= 11 is 0. The minimum absolute atomic E-state index is 0.152.